The van der Waals surface area contributed by atoms with Crippen LogP contribution < -0.4 is 10.5 Å². The lowest BCUT2D eigenvalue weighted by molar-refractivity contribution is 0.578. The van der Waals surface area contributed by atoms with E-state index in [4.69, 9.17) is 17.3 Å². The number of halogens is 1. The van der Waals surface area contributed by atoms with E-state index in [1.807, 2.05) is 12.1 Å². The summed E-state index contributed by atoms with van der Waals surface area (Å²) in [6.45, 7) is 0.264. The number of rotatable bonds is 5. The van der Waals surface area contributed by atoms with Gasteiger partial charge < -0.3 is 5.73 Å². The second kappa shape index (κ2) is 6.21. The second-order valence-electron chi connectivity index (χ2n) is 4.17. The van der Waals surface area contributed by atoms with Gasteiger partial charge in [-0.15, -0.1) is 0 Å². The van der Waals surface area contributed by atoms with E-state index >= 15 is 0 Å². The third-order valence-corrected chi connectivity index (χ3v) is 4.36. The molecule has 1 aromatic carbocycles. The Kier molecular flexibility index (Phi) is 4.59. The Morgan fingerprint density at radius 2 is 1.90 bits per heavy atom. The van der Waals surface area contributed by atoms with E-state index in [9.17, 15) is 8.42 Å². The third-order valence-electron chi connectivity index (χ3n) is 2.67. The lowest BCUT2D eigenvalue weighted by Crippen LogP contribution is -2.27. The molecule has 7 heteroatoms. The highest BCUT2D eigenvalue weighted by atomic mass is 35.5. The summed E-state index contributed by atoms with van der Waals surface area (Å²) in [5.74, 6) is 0. The van der Waals surface area contributed by atoms with Crippen LogP contribution in [0, 0.1) is 0 Å². The summed E-state index contributed by atoms with van der Waals surface area (Å²) in [5.41, 5.74) is 6.73. The Hall–Kier alpha value is -1.63. The molecule has 0 bridgehead atoms. The van der Waals surface area contributed by atoms with E-state index in [0.29, 0.717) is 11.4 Å². The van der Waals surface area contributed by atoms with Crippen molar-refractivity contribution in [1.82, 2.24) is 9.71 Å². The Morgan fingerprint density at radius 3 is 2.55 bits per heavy atom. The number of hydrogen-bond donors (Lipinski definition) is 2. The van der Waals surface area contributed by atoms with Crippen molar-refractivity contribution in [2.45, 2.75) is 11.4 Å². The van der Waals surface area contributed by atoms with Crippen LogP contribution in [-0.2, 0) is 16.4 Å². The molecule has 2 rings (SSSR count). The van der Waals surface area contributed by atoms with Crippen molar-refractivity contribution in [1.29, 1.82) is 0 Å². The molecule has 0 radical (unpaired) electrons. The number of pyridine rings is 1. The Balaban J connectivity index is 2.00. The van der Waals surface area contributed by atoms with Crippen LogP contribution in [0.4, 0.5) is 5.69 Å². The van der Waals surface area contributed by atoms with Crippen LogP contribution in [0.1, 0.15) is 5.56 Å². The zero-order valence-corrected chi connectivity index (χ0v) is 12.2. The van der Waals surface area contributed by atoms with Crippen LogP contribution >= 0.6 is 11.6 Å². The molecule has 0 fully saturated rings. The minimum absolute atomic E-state index is 0.131. The largest absolute Gasteiger partial charge is 0.396 e. The van der Waals surface area contributed by atoms with Gasteiger partial charge in [0, 0.05) is 17.8 Å². The van der Waals surface area contributed by atoms with E-state index < -0.39 is 10.0 Å². The quantitative estimate of drug-likeness (QED) is 0.882. The predicted molar refractivity (Wildman–Crippen MR) is 79.0 cm³/mol. The van der Waals surface area contributed by atoms with E-state index in [-0.39, 0.29) is 17.3 Å². The van der Waals surface area contributed by atoms with Crippen molar-refractivity contribution >= 4 is 27.3 Å². The zero-order valence-electron chi connectivity index (χ0n) is 10.6. The first-order valence-electron chi connectivity index (χ1n) is 5.93. The summed E-state index contributed by atoms with van der Waals surface area (Å²) < 4.78 is 26.5. The SMILES string of the molecule is Nc1cccnc1S(=O)(=O)NCCc1ccc(Cl)cc1. The Labute approximate surface area is 122 Å². The zero-order chi connectivity index (χ0) is 14.6. The molecule has 0 aliphatic carbocycles. The van der Waals surface area contributed by atoms with Crippen LogP contribution in [0.25, 0.3) is 0 Å². The van der Waals surface area contributed by atoms with Gasteiger partial charge in [0.15, 0.2) is 5.03 Å². The first kappa shape index (κ1) is 14.8. The first-order chi connectivity index (χ1) is 9.49. The van der Waals surface area contributed by atoms with Crippen LogP contribution in [0.3, 0.4) is 0 Å². The highest BCUT2D eigenvalue weighted by molar-refractivity contribution is 7.89. The highest BCUT2D eigenvalue weighted by Crippen LogP contribution is 2.14. The molecule has 3 N–H and O–H groups in total. The maximum atomic E-state index is 12.0. The minimum atomic E-state index is -3.68. The average molecular weight is 312 g/mol. The monoisotopic (exact) mass is 311 g/mol. The van der Waals surface area contributed by atoms with Crippen molar-refractivity contribution in [3.05, 3.63) is 53.2 Å². The number of benzene rings is 1. The average Bonchev–Trinajstić information content (AvgIpc) is 2.41. The van der Waals surface area contributed by atoms with Crippen molar-refractivity contribution < 1.29 is 8.42 Å². The summed E-state index contributed by atoms with van der Waals surface area (Å²) >= 11 is 5.78. The maximum absolute atomic E-state index is 12.0. The molecule has 0 spiro atoms. The molecular formula is C13H14ClN3O2S. The number of sulfonamides is 1. The summed E-state index contributed by atoms with van der Waals surface area (Å²) in [6.07, 6.45) is 1.95. The molecule has 0 amide bonds. The molecule has 0 aliphatic rings. The van der Waals surface area contributed by atoms with Gasteiger partial charge in [0.1, 0.15) is 0 Å². The third kappa shape index (κ3) is 3.69. The van der Waals surface area contributed by atoms with Gasteiger partial charge in [-0.3, -0.25) is 0 Å². The fourth-order valence-corrected chi connectivity index (χ4v) is 2.89. The summed E-state index contributed by atoms with van der Waals surface area (Å²) in [4.78, 5) is 3.79. The van der Waals surface area contributed by atoms with E-state index in [0.717, 1.165) is 5.56 Å². The molecule has 2 aromatic rings. The summed E-state index contributed by atoms with van der Waals surface area (Å²) in [7, 11) is -3.68. The topological polar surface area (TPSA) is 85.1 Å². The van der Waals surface area contributed by atoms with Gasteiger partial charge in [-0.05, 0) is 36.2 Å². The molecule has 106 valence electrons. The smallest absolute Gasteiger partial charge is 0.260 e. The molecular weight excluding hydrogens is 298 g/mol. The number of nitrogens with zero attached hydrogens (tertiary/aromatic N) is 1. The van der Waals surface area contributed by atoms with Crippen LogP contribution in [0.15, 0.2) is 47.6 Å². The fraction of sp³-hybridized carbons (Fsp3) is 0.154. The van der Waals surface area contributed by atoms with E-state index in [1.54, 1.807) is 18.2 Å². The second-order valence-corrected chi connectivity index (χ2v) is 6.29. The summed E-state index contributed by atoms with van der Waals surface area (Å²) in [6, 6.07) is 10.3. The van der Waals surface area contributed by atoms with Crippen molar-refractivity contribution in [3.63, 3.8) is 0 Å². The lowest BCUT2D eigenvalue weighted by atomic mass is 10.2. The number of aromatic nitrogens is 1. The number of nitrogens with one attached hydrogen (secondary N) is 1. The Morgan fingerprint density at radius 1 is 1.20 bits per heavy atom. The van der Waals surface area contributed by atoms with Crippen LogP contribution in [-0.4, -0.2) is 19.9 Å². The van der Waals surface area contributed by atoms with E-state index in [2.05, 4.69) is 9.71 Å². The van der Waals surface area contributed by atoms with Gasteiger partial charge in [-0.1, -0.05) is 23.7 Å². The van der Waals surface area contributed by atoms with Gasteiger partial charge >= 0.3 is 0 Å². The molecule has 20 heavy (non-hydrogen) atoms. The standard InChI is InChI=1S/C13H14ClN3O2S/c14-11-5-3-10(4-6-11)7-9-17-20(18,19)13-12(15)2-1-8-16-13/h1-6,8,17H,7,9,15H2. The Bertz CT molecular complexity index is 687. The fourth-order valence-electron chi connectivity index (χ4n) is 1.68. The van der Waals surface area contributed by atoms with Gasteiger partial charge in [0.05, 0.1) is 5.69 Å². The summed E-state index contributed by atoms with van der Waals surface area (Å²) in [5, 5.41) is 0.506. The maximum Gasteiger partial charge on any atom is 0.260 e. The van der Waals surface area contributed by atoms with Gasteiger partial charge in [-0.25, -0.2) is 18.1 Å². The molecule has 0 unspecified atom stereocenters. The van der Waals surface area contributed by atoms with Crippen molar-refractivity contribution in [3.8, 4) is 0 Å². The predicted octanol–water partition coefficient (Wildman–Crippen LogP) is 1.84. The van der Waals surface area contributed by atoms with Crippen LogP contribution in [0.5, 0.6) is 0 Å². The highest BCUT2D eigenvalue weighted by Gasteiger charge is 2.17. The molecule has 0 saturated carbocycles. The first-order valence-corrected chi connectivity index (χ1v) is 7.80. The number of nitrogens with two attached hydrogens (primary N) is 1. The van der Waals surface area contributed by atoms with Gasteiger partial charge in [0.2, 0.25) is 0 Å². The molecule has 5 nitrogen and oxygen atoms in total. The number of hydrogen-bond acceptors (Lipinski definition) is 4. The van der Waals surface area contributed by atoms with Crippen molar-refractivity contribution in [2.24, 2.45) is 0 Å². The molecule has 1 heterocycles. The lowest BCUT2D eigenvalue weighted by Gasteiger charge is -2.08. The molecule has 0 aliphatic heterocycles. The molecule has 0 saturated heterocycles. The normalized spacial score (nSPS) is 11.4. The number of anilines is 1. The van der Waals surface area contributed by atoms with Gasteiger partial charge in [0.25, 0.3) is 10.0 Å². The molecule has 0 atom stereocenters. The molecule has 1 aromatic heterocycles. The van der Waals surface area contributed by atoms with Gasteiger partial charge in [-0.2, -0.15) is 0 Å². The van der Waals surface area contributed by atoms with E-state index in [1.165, 1.54) is 12.3 Å². The number of nitrogen functional groups attached to an aromatic ring is 1. The van der Waals surface area contributed by atoms with Crippen molar-refractivity contribution in [2.75, 3.05) is 12.3 Å². The van der Waals surface area contributed by atoms with Crippen LogP contribution in [0.2, 0.25) is 5.02 Å². The minimum Gasteiger partial charge on any atom is -0.396 e.